The highest BCUT2D eigenvalue weighted by Gasteiger charge is 2.50. The molecule has 0 aromatic heterocycles. The lowest BCUT2D eigenvalue weighted by Gasteiger charge is -2.16. The van der Waals surface area contributed by atoms with Gasteiger partial charge in [-0.05, 0) is 43.4 Å². The minimum atomic E-state index is -0.281. The van der Waals surface area contributed by atoms with E-state index in [4.69, 9.17) is 0 Å². The van der Waals surface area contributed by atoms with E-state index in [1.54, 1.807) is 0 Å². The number of aryl methyl sites for hydroxylation is 2. The molecule has 1 amide bonds. The van der Waals surface area contributed by atoms with E-state index in [-0.39, 0.29) is 11.3 Å². The standard InChI is InChI=1S/C19H21NO/c1-14-7-9-17(10-8-14)19(11-12-19)18(21)20-13-16-6-4-3-5-15(16)2/h3-10H,11-13H2,1-2H3,(H,20,21). The number of hydrogen-bond donors (Lipinski definition) is 1. The van der Waals surface area contributed by atoms with Crippen molar-refractivity contribution in [2.24, 2.45) is 0 Å². The van der Waals surface area contributed by atoms with Crippen molar-refractivity contribution >= 4 is 5.91 Å². The summed E-state index contributed by atoms with van der Waals surface area (Å²) in [5, 5.41) is 3.12. The largest absolute Gasteiger partial charge is 0.351 e. The van der Waals surface area contributed by atoms with E-state index in [0.717, 1.165) is 18.4 Å². The van der Waals surface area contributed by atoms with Crippen molar-refractivity contribution in [3.05, 3.63) is 70.8 Å². The van der Waals surface area contributed by atoms with Gasteiger partial charge in [0.1, 0.15) is 0 Å². The van der Waals surface area contributed by atoms with E-state index in [1.807, 2.05) is 12.1 Å². The Hall–Kier alpha value is -2.09. The average molecular weight is 279 g/mol. The highest BCUT2D eigenvalue weighted by atomic mass is 16.2. The highest BCUT2D eigenvalue weighted by Crippen LogP contribution is 2.48. The van der Waals surface area contributed by atoms with Crippen LogP contribution in [0, 0.1) is 13.8 Å². The molecule has 21 heavy (non-hydrogen) atoms. The van der Waals surface area contributed by atoms with Gasteiger partial charge in [0.05, 0.1) is 5.41 Å². The van der Waals surface area contributed by atoms with Crippen molar-refractivity contribution in [1.82, 2.24) is 5.32 Å². The molecule has 2 nitrogen and oxygen atoms in total. The summed E-state index contributed by atoms with van der Waals surface area (Å²) < 4.78 is 0. The number of nitrogens with one attached hydrogen (secondary N) is 1. The van der Waals surface area contributed by atoms with Crippen LogP contribution >= 0.6 is 0 Å². The Bertz CT molecular complexity index is 654. The fourth-order valence-electron chi connectivity index (χ4n) is 2.80. The van der Waals surface area contributed by atoms with Gasteiger partial charge in [0.25, 0.3) is 0 Å². The molecule has 1 N–H and O–H groups in total. The van der Waals surface area contributed by atoms with Crippen LogP contribution in [-0.4, -0.2) is 5.91 Å². The van der Waals surface area contributed by atoms with Gasteiger partial charge in [0, 0.05) is 6.54 Å². The zero-order valence-corrected chi connectivity index (χ0v) is 12.6. The van der Waals surface area contributed by atoms with Gasteiger partial charge in [-0.1, -0.05) is 54.1 Å². The molecule has 3 rings (SSSR count). The van der Waals surface area contributed by atoms with E-state index < -0.39 is 0 Å². The number of rotatable bonds is 4. The van der Waals surface area contributed by atoms with Crippen molar-refractivity contribution in [2.75, 3.05) is 0 Å². The molecule has 0 spiro atoms. The summed E-state index contributed by atoms with van der Waals surface area (Å²) >= 11 is 0. The van der Waals surface area contributed by atoms with Gasteiger partial charge in [-0.2, -0.15) is 0 Å². The van der Waals surface area contributed by atoms with E-state index >= 15 is 0 Å². The first-order valence-electron chi connectivity index (χ1n) is 7.52. The van der Waals surface area contributed by atoms with Gasteiger partial charge in [-0.3, -0.25) is 4.79 Å². The average Bonchev–Trinajstić information content (AvgIpc) is 3.28. The number of carbonyl (C=O) groups is 1. The fourth-order valence-corrected chi connectivity index (χ4v) is 2.80. The molecule has 0 aliphatic heterocycles. The predicted molar refractivity (Wildman–Crippen MR) is 85.1 cm³/mol. The van der Waals surface area contributed by atoms with E-state index in [9.17, 15) is 4.79 Å². The zero-order valence-electron chi connectivity index (χ0n) is 12.6. The van der Waals surface area contributed by atoms with Crippen LogP contribution in [0.5, 0.6) is 0 Å². The van der Waals surface area contributed by atoms with Gasteiger partial charge in [-0.25, -0.2) is 0 Å². The maximum absolute atomic E-state index is 12.6. The first kappa shape index (κ1) is 13.9. The van der Waals surface area contributed by atoms with Gasteiger partial charge >= 0.3 is 0 Å². The van der Waals surface area contributed by atoms with Gasteiger partial charge in [0.2, 0.25) is 5.91 Å². The second-order valence-corrected chi connectivity index (χ2v) is 6.06. The topological polar surface area (TPSA) is 29.1 Å². The third kappa shape index (κ3) is 2.71. The second-order valence-electron chi connectivity index (χ2n) is 6.06. The molecule has 0 heterocycles. The van der Waals surface area contributed by atoms with Crippen molar-refractivity contribution in [3.63, 3.8) is 0 Å². The molecular formula is C19H21NO. The number of benzene rings is 2. The van der Waals surface area contributed by atoms with E-state index in [1.165, 1.54) is 16.7 Å². The molecule has 2 aromatic carbocycles. The van der Waals surface area contributed by atoms with E-state index in [2.05, 4.69) is 55.6 Å². The maximum atomic E-state index is 12.6. The van der Waals surface area contributed by atoms with Crippen LogP contribution in [-0.2, 0) is 16.8 Å². The molecule has 0 unspecified atom stereocenters. The van der Waals surface area contributed by atoms with Crippen molar-refractivity contribution < 1.29 is 4.79 Å². The van der Waals surface area contributed by atoms with Crippen LogP contribution < -0.4 is 5.32 Å². The Morgan fingerprint density at radius 2 is 1.71 bits per heavy atom. The molecule has 1 fully saturated rings. The quantitative estimate of drug-likeness (QED) is 0.909. The number of amides is 1. The van der Waals surface area contributed by atoms with Crippen LogP contribution in [0.15, 0.2) is 48.5 Å². The number of hydrogen-bond acceptors (Lipinski definition) is 1. The summed E-state index contributed by atoms with van der Waals surface area (Å²) in [6.07, 6.45) is 1.91. The lowest BCUT2D eigenvalue weighted by molar-refractivity contribution is -0.123. The van der Waals surface area contributed by atoms with Crippen molar-refractivity contribution in [2.45, 2.75) is 38.6 Å². The Balaban J connectivity index is 1.71. The predicted octanol–water partition coefficient (Wildman–Crippen LogP) is 3.65. The first-order chi connectivity index (χ1) is 10.1. The van der Waals surface area contributed by atoms with Gasteiger partial charge in [-0.15, -0.1) is 0 Å². The Labute approximate surface area is 126 Å². The maximum Gasteiger partial charge on any atom is 0.230 e. The van der Waals surface area contributed by atoms with Crippen molar-refractivity contribution in [3.8, 4) is 0 Å². The van der Waals surface area contributed by atoms with Crippen LogP contribution in [0.2, 0.25) is 0 Å². The van der Waals surface area contributed by atoms with Crippen LogP contribution in [0.4, 0.5) is 0 Å². The highest BCUT2D eigenvalue weighted by molar-refractivity contribution is 5.91. The minimum absolute atomic E-state index is 0.162. The van der Waals surface area contributed by atoms with Gasteiger partial charge < -0.3 is 5.32 Å². The Morgan fingerprint density at radius 1 is 1.05 bits per heavy atom. The summed E-state index contributed by atoms with van der Waals surface area (Å²) in [6, 6.07) is 16.5. The molecular weight excluding hydrogens is 258 g/mol. The molecule has 2 aromatic rings. The molecule has 0 atom stereocenters. The van der Waals surface area contributed by atoms with Crippen LogP contribution in [0.3, 0.4) is 0 Å². The third-order valence-corrected chi connectivity index (χ3v) is 4.49. The normalized spacial score (nSPS) is 15.5. The lowest BCUT2D eigenvalue weighted by Crippen LogP contribution is -2.34. The SMILES string of the molecule is Cc1ccc(C2(C(=O)NCc3ccccc3C)CC2)cc1. The monoisotopic (exact) mass is 279 g/mol. The molecule has 0 radical (unpaired) electrons. The van der Waals surface area contributed by atoms with Crippen molar-refractivity contribution in [1.29, 1.82) is 0 Å². The molecule has 0 bridgehead atoms. The first-order valence-corrected chi connectivity index (χ1v) is 7.52. The third-order valence-electron chi connectivity index (χ3n) is 4.49. The summed E-state index contributed by atoms with van der Waals surface area (Å²) in [5.74, 6) is 0.162. The van der Waals surface area contributed by atoms with E-state index in [0.29, 0.717) is 6.54 Å². The van der Waals surface area contributed by atoms with Crippen LogP contribution in [0.1, 0.15) is 35.1 Å². The number of carbonyl (C=O) groups excluding carboxylic acids is 1. The smallest absolute Gasteiger partial charge is 0.230 e. The van der Waals surface area contributed by atoms with Gasteiger partial charge in [0.15, 0.2) is 0 Å². The van der Waals surface area contributed by atoms with Crippen LogP contribution in [0.25, 0.3) is 0 Å². The molecule has 1 saturated carbocycles. The summed E-state index contributed by atoms with van der Waals surface area (Å²) in [4.78, 5) is 12.6. The zero-order chi connectivity index (χ0) is 14.9. The molecule has 2 heteroatoms. The molecule has 0 saturated heterocycles. The fraction of sp³-hybridized carbons (Fsp3) is 0.316. The second kappa shape index (κ2) is 5.36. The lowest BCUT2D eigenvalue weighted by atomic mass is 9.94. The molecule has 108 valence electrons. The Kier molecular flexibility index (Phi) is 3.54. The summed E-state index contributed by atoms with van der Waals surface area (Å²) in [7, 11) is 0. The molecule has 1 aliphatic carbocycles. The Morgan fingerprint density at radius 3 is 2.33 bits per heavy atom. The summed E-state index contributed by atoms with van der Waals surface area (Å²) in [5.41, 5.74) is 4.50. The summed E-state index contributed by atoms with van der Waals surface area (Å²) in [6.45, 7) is 4.76. The molecule has 1 aliphatic rings. The minimum Gasteiger partial charge on any atom is -0.351 e.